The van der Waals surface area contributed by atoms with Gasteiger partial charge < -0.3 is 15.3 Å². The van der Waals surface area contributed by atoms with Crippen LogP contribution in [0.5, 0.6) is 0 Å². The fourth-order valence-electron chi connectivity index (χ4n) is 1.61. The number of likely N-dealkylation sites (tertiary alicyclic amines) is 1. The van der Waals surface area contributed by atoms with Crippen molar-refractivity contribution in [2.24, 2.45) is 0 Å². The van der Waals surface area contributed by atoms with E-state index in [-0.39, 0.29) is 12.0 Å². The number of hydrogen-bond acceptors (Lipinski definition) is 4. The molecule has 16 heavy (non-hydrogen) atoms. The predicted octanol–water partition coefficient (Wildman–Crippen LogP) is 0.330. The molecule has 5 nitrogen and oxygen atoms in total. The minimum atomic E-state index is -0.370. The van der Waals surface area contributed by atoms with Crippen LogP contribution in [0.3, 0.4) is 0 Å². The fourth-order valence-corrected chi connectivity index (χ4v) is 1.61. The van der Waals surface area contributed by atoms with Crippen LogP contribution in [0.1, 0.15) is 17.4 Å². The van der Waals surface area contributed by atoms with Crippen LogP contribution in [0.25, 0.3) is 0 Å². The lowest BCUT2D eigenvalue weighted by Crippen LogP contribution is -2.53. The van der Waals surface area contributed by atoms with Crippen molar-refractivity contribution in [1.29, 1.82) is 0 Å². The van der Waals surface area contributed by atoms with Crippen molar-refractivity contribution in [3.05, 3.63) is 24.0 Å². The summed E-state index contributed by atoms with van der Waals surface area (Å²) in [5, 5.41) is 12.2. The number of carbonyl (C=O) groups excluding carboxylic acids is 1. The molecule has 0 spiro atoms. The Bertz CT molecular complexity index is 371. The van der Waals surface area contributed by atoms with Crippen molar-refractivity contribution in [1.82, 2.24) is 9.88 Å². The molecular formula is C11H15N3O2. The largest absolute Gasteiger partial charge is 0.389 e. The summed E-state index contributed by atoms with van der Waals surface area (Å²) >= 11 is 0. The van der Waals surface area contributed by atoms with Gasteiger partial charge in [0.25, 0.3) is 5.91 Å². The number of amides is 1. The number of hydrogen-bond donors (Lipinski definition) is 2. The van der Waals surface area contributed by atoms with E-state index in [1.54, 1.807) is 17.2 Å². The van der Waals surface area contributed by atoms with Crippen molar-refractivity contribution in [2.45, 2.75) is 13.0 Å². The minimum Gasteiger partial charge on any atom is -0.389 e. The Hall–Kier alpha value is -1.62. The summed E-state index contributed by atoms with van der Waals surface area (Å²) in [5.41, 5.74) is 1.33. The smallest absolute Gasteiger partial charge is 0.272 e. The first-order chi connectivity index (χ1) is 7.70. The van der Waals surface area contributed by atoms with Gasteiger partial charge in [0.2, 0.25) is 0 Å². The average molecular weight is 221 g/mol. The molecule has 0 unspecified atom stereocenters. The number of carbonyl (C=O) groups is 1. The molecule has 2 rings (SSSR count). The molecule has 1 amide bonds. The molecule has 1 aliphatic heterocycles. The second-order valence-corrected chi connectivity index (χ2v) is 3.83. The Morgan fingerprint density at radius 3 is 2.88 bits per heavy atom. The molecule has 1 aromatic heterocycles. The molecule has 0 aromatic carbocycles. The van der Waals surface area contributed by atoms with E-state index in [0.717, 1.165) is 12.2 Å². The van der Waals surface area contributed by atoms with Gasteiger partial charge in [-0.05, 0) is 19.1 Å². The molecule has 2 N–H and O–H groups in total. The Labute approximate surface area is 94.1 Å². The molecule has 1 saturated heterocycles. The van der Waals surface area contributed by atoms with E-state index in [9.17, 15) is 4.79 Å². The molecule has 86 valence electrons. The third-order valence-electron chi connectivity index (χ3n) is 2.51. The quantitative estimate of drug-likeness (QED) is 0.772. The van der Waals surface area contributed by atoms with Gasteiger partial charge in [-0.25, -0.2) is 4.98 Å². The van der Waals surface area contributed by atoms with Crippen molar-refractivity contribution in [2.75, 3.05) is 25.0 Å². The van der Waals surface area contributed by atoms with Crippen molar-refractivity contribution < 1.29 is 9.90 Å². The van der Waals surface area contributed by atoms with Crippen LogP contribution in [0.4, 0.5) is 5.69 Å². The lowest BCUT2D eigenvalue weighted by atomic mass is 10.1. The molecule has 1 aromatic rings. The summed E-state index contributed by atoms with van der Waals surface area (Å²) in [4.78, 5) is 17.4. The van der Waals surface area contributed by atoms with Crippen molar-refractivity contribution >= 4 is 11.6 Å². The van der Waals surface area contributed by atoms with Crippen LogP contribution in [0.2, 0.25) is 0 Å². The molecule has 0 aliphatic carbocycles. The molecule has 0 bridgehead atoms. The van der Waals surface area contributed by atoms with E-state index in [1.165, 1.54) is 0 Å². The van der Waals surface area contributed by atoms with Gasteiger partial charge in [0, 0.05) is 19.6 Å². The maximum absolute atomic E-state index is 11.8. The third kappa shape index (κ3) is 2.14. The number of aromatic nitrogens is 1. The highest BCUT2D eigenvalue weighted by atomic mass is 16.3. The molecular weight excluding hydrogens is 206 g/mol. The number of nitrogens with zero attached hydrogens (tertiary/aromatic N) is 2. The monoisotopic (exact) mass is 221 g/mol. The summed E-state index contributed by atoms with van der Waals surface area (Å²) in [5.74, 6) is -0.117. The van der Waals surface area contributed by atoms with E-state index >= 15 is 0 Å². The number of pyridine rings is 1. The maximum Gasteiger partial charge on any atom is 0.272 e. The molecule has 1 fully saturated rings. The van der Waals surface area contributed by atoms with E-state index in [2.05, 4.69) is 10.3 Å². The highest BCUT2D eigenvalue weighted by Gasteiger charge is 2.29. The van der Waals surface area contributed by atoms with E-state index < -0.39 is 0 Å². The number of β-amino-alcohol motifs (C(OH)–C–C–N with tert-alkyl or cyclic N) is 1. The minimum absolute atomic E-state index is 0.117. The van der Waals surface area contributed by atoms with Crippen molar-refractivity contribution in [3.8, 4) is 0 Å². The number of rotatable bonds is 3. The Morgan fingerprint density at radius 2 is 2.38 bits per heavy atom. The number of aliphatic hydroxyl groups excluding tert-OH is 1. The van der Waals surface area contributed by atoms with Crippen LogP contribution in [0, 0.1) is 0 Å². The topological polar surface area (TPSA) is 65.5 Å². The Balaban J connectivity index is 2.01. The zero-order valence-corrected chi connectivity index (χ0v) is 9.18. The summed E-state index contributed by atoms with van der Waals surface area (Å²) in [6.45, 7) is 3.65. The third-order valence-corrected chi connectivity index (χ3v) is 2.51. The standard InChI is InChI=1S/C11H15N3O2/c1-2-12-8-3-4-10(13-5-8)11(16)14-6-9(15)7-14/h3-5,9,12,15H,2,6-7H2,1H3. The lowest BCUT2D eigenvalue weighted by Gasteiger charge is -2.35. The first-order valence-electron chi connectivity index (χ1n) is 5.38. The normalized spacial score (nSPS) is 15.8. The zero-order valence-electron chi connectivity index (χ0n) is 9.18. The van der Waals surface area contributed by atoms with Crippen LogP contribution in [0.15, 0.2) is 18.3 Å². The van der Waals surface area contributed by atoms with Crippen LogP contribution < -0.4 is 5.32 Å². The number of aliphatic hydroxyl groups is 1. The Morgan fingerprint density at radius 1 is 1.62 bits per heavy atom. The summed E-state index contributed by atoms with van der Waals surface area (Å²) < 4.78 is 0. The highest BCUT2D eigenvalue weighted by molar-refractivity contribution is 5.93. The van der Waals surface area contributed by atoms with Gasteiger partial charge in [-0.1, -0.05) is 0 Å². The predicted molar refractivity (Wildman–Crippen MR) is 60.3 cm³/mol. The molecule has 0 atom stereocenters. The second-order valence-electron chi connectivity index (χ2n) is 3.83. The van der Waals surface area contributed by atoms with Gasteiger partial charge in [-0.2, -0.15) is 0 Å². The van der Waals surface area contributed by atoms with E-state index in [4.69, 9.17) is 5.11 Å². The Kier molecular flexibility index (Phi) is 3.05. The zero-order chi connectivity index (χ0) is 11.5. The SMILES string of the molecule is CCNc1ccc(C(=O)N2CC(O)C2)nc1. The van der Waals surface area contributed by atoms with Gasteiger partial charge in [0.15, 0.2) is 0 Å². The van der Waals surface area contributed by atoms with Gasteiger partial charge in [-0.15, -0.1) is 0 Å². The molecule has 0 radical (unpaired) electrons. The highest BCUT2D eigenvalue weighted by Crippen LogP contribution is 2.13. The van der Waals surface area contributed by atoms with Gasteiger partial charge in [0.05, 0.1) is 18.0 Å². The summed E-state index contributed by atoms with van der Waals surface area (Å²) in [7, 11) is 0. The average Bonchev–Trinajstić information content (AvgIpc) is 2.25. The summed E-state index contributed by atoms with van der Waals surface area (Å²) in [6.07, 6.45) is 1.28. The van der Waals surface area contributed by atoms with Crippen LogP contribution in [-0.4, -0.2) is 46.6 Å². The van der Waals surface area contributed by atoms with Gasteiger partial charge in [0.1, 0.15) is 5.69 Å². The first kappa shape index (κ1) is 10.9. The second kappa shape index (κ2) is 4.49. The van der Waals surface area contributed by atoms with Gasteiger partial charge in [-0.3, -0.25) is 4.79 Å². The van der Waals surface area contributed by atoms with Crippen molar-refractivity contribution in [3.63, 3.8) is 0 Å². The van der Waals surface area contributed by atoms with E-state index in [0.29, 0.717) is 18.8 Å². The first-order valence-corrected chi connectivity index (χ1v) is 5.38. The lowest BCUT2D eigenvalue weighted by molar-refractivity contribution is 0.00551. The fraction of sp³-hybridized carbons (Fsp3) is 0.455. The van der Waals surface area contributed by atoms with Gasteiger partial charge >= 0.3 is 0 Å². The molecule has 0 saturated carbocycles. The van der Waals surface area contributed by atoms with Crippen LogP contribution in [-0.2, 0) is 0 Å². The molecule has 1 aliphatic rings. The molecule has 5 heteroatoms. The maximum atomic E-state index is 11.8. The number of anilines is 1. The molecule has 2 heterocycles. The van der Waals surface area contributed by atoms with Crippen LogP contribution >= 0.6 is 0 Å². The van der Waals surface area contributed by atoms with E-state index in [1.807, 2.05) is 13.0 Å². The summed E-state index contributed by atoms with van der Waals surface area (Å²) in [6, 6.07) is 3.53. The number of nitrogens with one attached hydrogen (secondary N) is 1.